The van der Waals surface area contributed by atoms with Crippen molar-refractivity contribution in [1.29, 1.82) is 0 Å². The van der Waals surface area contributed by atoms with Gasteiger partial charge >= 0.3 is 0 Å². The second-order valence-electron chi connectivity index (χ2n) is 5.25. The molecule has 0 amide bonds. The number of rotatable bonds is 6. The summed E-state index contributed by atoms with van der Waals surface area (Å²) in [5.41, 5.74) is 0. The van der Waals surface area contributed by atoms with E-state index < -0.39 is 0 Å². The Morgan fingerprint density at radius 3 is 2.65 bits per heavy atom. The summed E-state index contributed by atoms with van der Waals surface area (Å²) in [7, 11) is 0. The molecule has 0 heterocycles. The van der Waals surface area contributed by atoms with Gasteiger partial charge in [-0.05, 0) is 43.6 Å². The molecule has 0 aromatic heterocycles. The van der Waals surface area contributed by atoms with Gasteiger partial charge in [-0.2, -0.15) is 0 Å². The van der Waals surface area contributed by atoms with Crippen molar-refractivity contribution in [2.45, 2.75) is 44.6 Å². The molecule has 110 valence electrons. The van der Waals surface area contributed by atoms with Gasteiger partial charge in [0.1, 0.15) is 5.75 Å². The smallest absolute Gasteiger partial charge is 0.166 e. The van der Waals surface area contributed by atoms with E-state index >= 15 is 0 Å². The average Bonchev–Trinajstić information content (AvgIpc) is 2.49. The van der Waals surface area contributed by atoms with E-state index in [-0.39, 0.29) is 0 Å². The lowest BCUT2D eigenvalue weighted by atomic mass is 9.96. The van der Waals surface area contributed by atoms with Crippen LogP contribution in [0, 0.1) is 0 Å². The van der Waals surface area contributed by atoms with Crippen LogP contribution in [0.4, 0.5) is 0 Å². The van der Waals surface area contributed by atoms with Crippen LogP contribution in [0.25, 0.3) is 0 Å². The van der Waals surface area contributed by atoms with Crippen molar-refractivity contribution in [3.8, 4) is 5.75 Å². The van der Waals surface area contributed by atoms with Crippen LogP contribution in [0.5, 0.6) is 5.75 Å². The van der Waals surface area contributed by atoms with E-state index in [0.717, 1.165) is 23.8 Å². The SMILES string of the molecule is S=C(NCCCOc1ccccc1)NC1CCCCC1. The average molecular weight is 292 g/mol. The maximum atomic E-state index is 5.63. The lowest BCUT2D eigenvalue weighted by Crippen LogP contribution is -2.43. The molecule has 20 heavy (non-hydrogen) atoms. The number of nitrogens with one attached hydrogen (secondary N) is 2. The van der Waals surface area contributed by atoms with Crippen molar-refractivity contribution in [2.24, 2.45) is 0 Å². The van der Waals surface area contributed by atoms with Crippen LogP contribution >= 0.6 is 12.2 Å². The Bertz CT molecular complexity index is 391. The molecule has 0 atom stereocenters. The summed E-state index contributed by atoms with van der Waals surface area (Å²) >= 11 is 5.31. The molecule has 0 spiro atoms. The van der Waals surface area contributed by atoms with E-state index in [1.54, 1.807) is 0 Å². The fraction of sp³-hybridized carbons (Fsp3) is 0.562. The van der Waals surface area contributed by atoms with Gasteiger partial charge in [0, 0.05) is 12.6 Å². The van der Waals surface area contributed by atoms with Gasteiger partial charge in [0.2, 0.25) is 0 Å². The molecule has 1 aromatic rings. The summed E-state index contributed by atoms with van der Waals surface area (Å²) in [5.74, 6) is 0.926. The molecule has 0 radical (unpaired) electrons. The number of hydrogen-bond donors (Lipinski definition) is 2. The molecule has 2 N–H and O–H groups in total. The van der Waals surface area contributed by atoms with E-state index in [1.165, 1.54) is 32.1 Å². The van der Waals surface area contributed by atoms with Crippen molar-refractivity contribution in [3.63, 3.8) is 0 Å². The monoisotopic (exact) mass is 292 g/mol. The highest BCUT2D eigenvalue weighted by atomic mass is 32.1. The van der Waals surface area contributed by atoms with Crippen LogP contribution < -0.4 is 15.4 Å². The van der Waals surface area contributed by atoms with E-state index in [2.05, 4.69) is 10.6 Å². The predicted octanol–water partition coefficient (Wildman–Crippen LogP) is 3.25. The van der Waals surface area contributed by atoms with Crippen molar-refractivity contribution < 1.29 is 4.74 Å². The maximum Gasteiger partial charge on any atom is 0.166 e. The molecule has 1 aliphatic rings. The zero-order chi connectivity index (χ0) is 14.0. The Morgan fingerprint density at radius 1 is 1.15 bits per heavy atom. The molecule has 1 saturated carbocycles. The molecule has 4 heteroatoms. The van der Waals surface area contributed by atoms with Crippen LogP contribution in [0.3, 0.4) is 0 Å². The molecule has 2 rings (SSSR count). The Morgan fingerprint density at radius 2 is 1.90 bits per heavy atom. The fourth-order valence-electron chi connectivity index (χ4n) is 2.46. The highest BCUT2D eigenvalue weighted by Gasteiger charge is 2.13. The van der Waals surface area contributed by atoms with Crippen molar-refractivity contribution in [3.05, 3.63) is 30.3 Å². The molecule has 0 saturated heterocycles. The van der Waals surface area contributed by atoms with Gasteiger partial charge in [-0.25, -0.2) is 0 Å². The second kappa shape index (κ2) is 8.80. The zero-order valence-corrected chi connectivity index (χ0v) is 12.8. The molecule has 1 aliphatic carbocycles. The van der Waals surface area contributed by atoms with Gasteiger partial charge in [-0.15, -0.1) is 0 Å². The van der Waals surface area contributed by atoms with E-state index in [4.69, 9.17) is 17.0 Å². The minimum atomic E-state index is 0.573. The quantitative estimate of drug-likeness (QED) is 0.623. The highest BCUT2D eigenvalue weighted by Crippen LogP contribution is 2.17. The number of thiocarbonyl (C=S) groups is 1. The van der Waals surface area contributed by atoms with Crippen molar-refractivity contribution >= 4 is 17.3 Å². The van der Waals surface area contributed by atoms with Crippen LogP contribution in [0.1, 0.15) is 38.5 Å². The minimum absolute atomic E-state index is 0.573. The highest BCUT2D eigenvalue weighted by molar-refractivity contribution is 7.80. The summed E-state index contributed by atoms with van der Waals surface area (Å²) in [6, 6.07) is 10.5. The summed E-state index contributed by atoms with van der Waals surface area (Å²) in [5, 5.41) is 7.45. The van der Waals surface area contributed by atoms with Gasteiger partial charge in [-0.1, -0.05) is 37.5 Å². The van der Waals surface area contributed by atoms with Gasteiger partial charge in [0.15, 0.2) is 5.11 Å². The molecule has 3 nitrogen and oxygen atoms in total. The zero-order valence-electron chi connectivity index (χ0n) is 11.9. The van der Waals surface area contributed by atoms with Crippen LogP contribution in [-0.2, 0) is 0 Å². The molecular formula is C16H24N2OS. The topological polar surface area (TPSA) is 33.3 Å². The third-order valence-electron chi connectivity index (χ3n) is 3.56. The first-order chi connectivity index (χ1) is 9.84. The molecule has 0 unspecified atom stereocenters. The Kier molecular flexibility index (Phi) is 6.64. The van der Waals surface area contributed by atoms with Gasteiger partial charge in [0.05, 0.1) is 6.61 Å². The summed E-state index contributed by atoms with van der Waals surface area (Å²) in [6.45, 7) is 1.56. The van der Waals surface area contributed by atoms with Gasteiger partial charge in [-0.3, -0.25) is 0 Å². The van der Waals surface area contributed by atoms with Crippen LogP contribution in [0.2, 0.25) is 0 Å². The third-order valence-corrected chi connectivity index (χ3v) is 3.82. The standard InChI is InChI=1S/C16H24N2OS/c20-16(18-14-8-3-1-4-9-14)17-12-7-13-19-15-10-5-2-6-11-15/h2,5-6,10-11,14H,1,3-4,7-9,12-13H2,(H2,17,18,20). The van der Waals surface area contributed by atoms with Gasteiger partial charge in [0.25, 0.3) is 0 Å². The van der Waals surface area contributed by atoms with Crippen LogP contribution in [0.15, 0.2) is 30.3 Å². The Balaban J connectivity index is 1.51. The molecule has 0 bridgehead atoms. The molecular weight excluding hydrogens is 268 g/mol. The first-order valence-electron chi connectivity index (χ1n) is 7.57. The number of ether oxygens (including phenoxy) is 1. The van der Waals surface area contributed by atoms with E-state index in [0.29, 0.717) is 12.6 Å². The second-order valence-corrected chi connectivity index (χ2v) is 5.66. The van der Waals surface area contributed by atoms with Crippen molar-refractivity contribution in [1.82, 2.24) is 10.6 Å². The largest absolute Gasteiger partial charge is 0.494 e. The lowest BCUT2D eigenvalue weighted by Gasteiger charge is -2.24. The Labute approximate surface area is 127 Å². The third kappa shape index (κ3) is 5.78. The Hall–Kier alpha value is -1.29. The minimum Gasteiger partial charge on any atom is -0.494 e. The number of benzene rings is 1. The van der Waals surface area contributed by atoms with Crippen molar-refractivity contribution in [2.75, 3.05) is 13.2 Å². The number of hydrogen-bond acceptors (Lipinski definition) is 2. The van der Waals surface area contributed by atoms with E-state index in [9.17, 15) is 0 Å². The molecule has 1 fully saturated rings. The normalized spacial score (nSPS) is 15.6. The first-order valence-corrected chi connectivity index (χ1v) is 7.97. The van der Waals surface area contributed by atoms with Crippen LogP contribution in [-0.4, -0.2) is 24.3 Å². The summed E-state index contributed by atoms with van der Waals surface area (Å²) in [6.07, 6.45) is 7.46. The number of para-hydroxylation sites is 1. The first kappa shape index (κ1) is 15.1. The summed E-state index contributed by atoms with van der Waals surface area (Å²) < 4.78 is 5.63. The molecule has 1 aromatic carbocycles. The maximum absolute atomic E-state index is 5.63. The fourth-order valence-corrected chi connectivity index (χ4v) is 2.73. The molecule has 0 aliphatic heterocycles. The van der Waals surface area contributed by atoms with E-state index in [1.807, 2.05) is 30.3 Å². The van der Waals surface area contributed by atoms with Gasteiger partial charge < -0.3 is 15.4 Å². The predicted molar refractivity (Wildman–Crippen MR) is 87.2 cm³/mol. The lowest BCUT2D eigenvalue weighted by molar-refractivity contribution is 0.311. The summed E-state index contributed by atoms with van der Waals surface area (Å²) in [4.78, 5) is 0.